The Labute approximate surface area is 123 Å². The van der Waals surface area contributed by atoms with E-state index in [0.29, 0.717) is 4.47 Å². The summed E-state index contributed by atoms with van der Waals surface area (Å²) in [6.07, 6.45) is 2.37. The van der Waals surface area contributed by atoms with Gasteiger partial charge in [-0.05, 0) is 34.1 Å². The van der Waals surface area contributed by atoms with Crippen LogP contribution in [0.25, 0.3) is 0 Å². The van der Waals surface area contributed by atoms with Gasteiger partial charge < -0.3 is 5.11 Å². The number of carboxylic acid groups (broad SMARTS) is 1. The van der Waals surface area contributed by atoms with E-state index in [2.05, 4.69) is 25.6 Å². The number of anilines is 1. The number of benzene rings is 1. The van der Waals surface area contributed by atoms with Gasteiger partial charge in [0.2, 0.25) is 0 Å². The molecule has 2 N–H and O–H groups in total. The van der Waals surface area contributed by atoms with Crippen molar-refractivity contribution in [3.63, 3.8) is 0 Å². The van der Waals surface area contributed by atoms with E-state index in [1.807, 2.05) is 0 Å². The SMILES string of the molecule is O=C(O)c1cncc(NS(=O)(=O)c2ccccc2Br)c1. The molecule has 0 radical (unpaired) electrons. The molecule has 0 spiro atoms. The van der Waals surface area contributed by atoms with E-state index < -0.39 is 16.0 Å². The molecule has 1 aromatic heterocycles. The van der Waals surface area contributed by atoms with Gasteiger partial charge in [-0.2, -0.15) is 0 Å². The number of pyridine rings is 1. The minimum atomic E-state index is -3.82. The highest BCUT2D eigenvalue weighted by Crippen LogP contribution is 2.23. The number of sulfonamides is 1. The minimum Gasteiger partial charge on any atom is -0.478 e. The lowest BCUT2D eigenvalue weighted by Crippen LogP contribution is -2.14. The molecule has 20 heavy (non-hydrogen) atoms. The molecule has 1 aromatic carbocycles. The van der Waals surface area contributed by atoms with Crippen LogP contribution in [0.2, 0.25) is 0 Å². The summed E-state index contributed by atoms with van der Waals surface area (Å²) in [7, 11) is -3.82. The Morgan fingerprint density at radius 2 is 1.95 bits per heavy atom. The number of hydrogen-bond donors (Lipinski definition) is 2. The summed E-state index contributed by atoms with van der Waals surface area (Å²) in [5.74, 6) is -1.18. The summed E-state index contributed by atoms with van der Waals surface area (Å²) >= 11 is 3.15. The van der Waals surface area contributed by atoms with Crippen molar-refractivity contribution in [2.45, 2.75) is 4.90 Å². The van der Waals surface area contributed by atoms with E-state index in [-0.39, 0.29) is 16.1 Å². The van der Waals surface area contributed by atoms with Gasteiger partial charge in [0, 0.05) is 10.7 Å². The molecule has 6 nitrogen and oxygen atoms in total. The summed E-state index contributed by atoms with van der Waals surface area (Å²) in [6, 6.07) is 7.51. The topological polar surface area (TPSA) is 96.4 Å². The van der Waals surface area contributed by atoms with Crippen LogP contribution in [-0.2, 0) is 10.0 Å². The van der Waals surface area contributed by atoms with Gasteiger partial charge in [-0.3, -0.25) is 9.71 Å². The van der Waals surface area contributed by atoms with Crippen molar-refractivity contribution in [3.8, 4) is 0 Å². The number of aromatic carboxylic acids is 1. The largest absolute Gasteiger partial charge is 0.478 e. The predicted molar refractivity (Wildman–Crippen MR) is 76.1 cm³/mol. The number of carboxylic acids is 1. The molecule has 0 saturated carbocycles. The van der Waals surface area contributed by atoms with Crippen molar-refractivity contribution in [3.05, 3.63) is 52.8 Å². The summed E-state index contributed by atoms with van der Waals surface area (Å²) < 4.78 is 27.1. The van der Waals surface area contributed by atoms with Crippen LogP contribution in [0.15, 0.2) is 52.1 Å². The summed E-state index contributed by atoms with van der Waals surface area (Å²) in [4.78, 5) is 14.6. The van der Waals surface area contributed by atoms with Crippen molar-refractivity contribution >= 4 is 37.6 Å². The first-order chi connectivity index (χ1) is 9.40. The standard InChI is InChI=1S/C12H9BrN2O4S/c13-10-3-1-2-4-11(10)20(18,19)15-9-5-8(12(16)17)6-14-7-9/h1-7,15H,(H,16,17). The zero-order valence-electron chi connectivity index (χ0n) is 9.95. The third-order valence-corrected chi connectivity index (χ3v) is 4.76. The number of aromatic nitrogens is 1. The number of carbonyl (C=O) groups is 1. The normalized spacial score (nSPS) is 11.1. The van der Waals surface area contributed by atoms with Crippen LogP contribution in [0.3, 0.4) is 0 Å². The molecule has 0 aliphatic carbocycles. The predicted octanol–water partition coefficient (Wildman–Crippen LogP) is 2.34. The van der Waals surface area contributed by atoms with Crippen molar-refractivity contribution in [1.29, 1.82) is 0 Å². The highest BCUT2D eigenvalue weighted by Gasteiger charge is 2.17. The van der Waals surface area contributed by atoms with E-state index in [1.165, 1.54) is 18.3 Å². The molecular formula is C12H9BrN2O4S. The molecule has 2 rings (SSSR count). The van der Waals surface area contributed by atoms with Crippen molar-refractivity contribution in [2.75, 3.05) is 4.72 Å². The van der Waals surface area contributed by atoms with Crippen LogP contribution in [0.5, 0.6) is 0 Å². The van der Waals surface area contributed by atoms with Gasteiger partial charge >= 0.3 is 5.97 Å². The number of rotatable bonds is 4. The Hall–Kier alpha value is -1.93. The zero-order valence-corrected chi connectivity index (χ0v) is 12.3. The number of hydrogen-bond acceptors (Lipinski definition) is 4. The van der Waals surface area contributed by atoms with Crippen LogP contribution in [0.1, 0.15) is 10.4 Å². The van der Waals surface area contributed by atoms with E-state index in [9.17, 15) is 13.2 Å². The smallest absolute Gasteiger partial charge is 0.337 e. The number of halogens is 1. The fourth-order valence-electron chi connectivity index (χ4n) is 1.49. The van der Waals surface area contributed by atoms with Crippen LogP contribution in [-0.4, -0.2) is 24.5 Å². The van der Waals surface area contributed by atoms with Crippen LogP contribution >= 0.6 is 15.9 Å². The van der Waals surface area contributed by atoms with E-state index in [0.717, 1.165) is 6.20 Å². The molecule has 0 aliphatic heterocycles. The molecule has 0 saturated heterocycles. The molecule has 0 unspecified atom stereocenters. The fraction of sp³-hybridized carbons (Fsp3) is 0. The van der Waals surface area contributed by atoms with Gasteiger partial charge in [0.1, 0.15) is 4.90 Å². The molecule has 104 valence electrons. The maximum Gasteiger partial charge on any atom is 0.337 e. The molecule has 1 heterocycles. The third kappa shape index (κ3) is 3.14. The molecule has 0 fully saturated rings. The van der Waals surface area contributed by atoms with Gasteiger partial charge in [-0.25, -0.2) is 13.2 Å². The quantitative estimate of drug-likeness (QED) is 0.876. The molecule has 0 bridgehead atoms. The van der Waals surface area contributed by atoms with E-state index >= 15 is 0 Å². The average molecular weight is 357 g/mol. The number of nitrogens with zero attached hydrogens (tertiary/aromatic N) is 1. The van der Waals surface area contributed by atoms with Gasteiger partial charge in [0.05, 0.1) is 17.4 Å². The molecule has 8 heteroatoms. The van der Waals surface area contributed by atoms with Crippen LogP contribution < -0.4 is 4.72 Å². The lowest BCUT2D eigenvalue weighted by atomic mass is 10.3. The molecular weight excluding hydrogens is 348 g/mol. The highest BCUT2D eigenvalue weighted by atomic mass is 79.9. The fourth-order valence-corrected chi connectivity index (χ4v) is 3.52. The van der Waals surface area contributed by atoms with Gasteiger partial charge in [0.25, 0.3) is 10.0 Å². The van der Waals surface area contributed by atoms with Crippen LogP contribution in [0.4, 0.5) is 5.69 Å². The van der Waals surface area contributed by atoms with Crippen molar-refractivity contribution < 1.29 is 18.3 Å². The first-order valence-corrected chi connectivity index (χ1v) is 7.63. The number of nitrogens with one attached hydrogen (secondary N) is 1. The maximum absolute atomic E-state index is 12.2. The van der Waals surface area contributed by atoms with Crippen molar-refractivity contribution in [1.82, 2.24) is 4.98 Å². The maximum atomic E-state index is 12.2. The van der Waals surface area contributed by atoms with Gasteiger partial charge in [-0.1, -0.05) is 12.1 Å². The second-order valence-electron chi connectivity index (χ2n) is 3.80. The zero-order chi connectivity index (χ0) is 14.8. The second kappa shape index (κ2) is 5.59. The molecule has 0 atom stereocenters. The Balaban J connectivity index is 2.36. The first kappa shape index (κ1) is 14.5. The average Bonchev–Trinajstić information content (AvgIpc) is 2.38. The van der Waals surface area contributed by atoms with Crippen molar-refractivity contribution in [2.24, 2.45) is 0 Å². The van der Waals surface area contributed by atoms with Gasteiger partial charge in [0.15, 0.2) is 0 Å². The summed E-state index contributed by atoms with van der Waals surface area (Å²) in [6.45, 7) is 0. The van der Waals surface area contributed by atoms with Gasteiger partial charge in [-0.15, -0.1) is 0 Å². The van der Waals surface area contributed by atoms with Crippen LogP contribution in [0, 0.1) is 0 Å². The van der Waals surface area contributed by atoms with E-state index in [1.54, 1.807) is 18.2 Å². The lowest BCUT2D eigenvalue weighted by Gasteiger charge is -2.09. The highest BCUT2D eigenvalue weighted by molar-refractivity contribution is 9.10. The monoisotopic (exact) mass is 356 g/mol. The molecule has 2 aromatic rings. The summed E-state index contributed by atoms with van der Waals surface area (Å²) in [5.41, 5.74) is -0.0158. The minimum absolute atomic E-state index is 0.0562. The lowest BCUT2D eigenvalue weighted by molar-refractivity contribution is 0.0696. The summed E-state index contributed by atoms with van der Waals surface area (Å²) in [5, 5.41) is 8.84. The molecule has 0 amide bonds. The first-order valence-electron chi connectivity index (χ1n) is 5.36. The Kier molecular flexibility index (Phi) is 4.05. The molecule has 0 aliphatic rings. The van der Waals surface area contributed by atoms with E-state index in [4.69, 9.17) is 5.11 Å². The second-order valence-corrected chi connectivity index (χ2v) is 6.31. The Bertz CT molecular complexity index is 762. The Morgan fingerprint density at radius 3 is 2.60 bits per heavy atom. The third-order valence-electron chi connectivity index (χ3n) is 2.36. The Morgan fingerprint density at radius 1 is 1.25 bits per heavy atom.